The summed E-state index contributed by atoms with van der Waals surface area (Å²) < 4.78 is 5.80. The van der Waals surface area contributed by atoms with E-state index in [1.807, 2.05) is 6.92 Å². The molecule has 19 heavy (non-hydrogen) atoms. The second-order valence-electron chi connectivity index (χ2n) is 4.70. The molecule has 0 aliphatic rings. The molecule has 0 saturated heterocycles. The Hall–Kier alpha value is -1.000. The number of thiazole rings is 1. The highest BCUT2D eigenvalue weighted by Gasteiger charge is 2.06. The fourth-order valence-corrected chi connectivity index (χ4v) is 3.35. The number of rotatable bonds is 5. The van der Waals surface area contributed by atoms with E-state index in [1.54, 1.807) is 11.3 Å². The summed E-state index contributed by atoms with van der Waals surface area (Å²) >= 11 is 6.04. The van der Waals surface area contributed by atoms with Crippen LogP contribution >= 0.6 is 24.0 Å². The fraction of sp³-hybridized carbons (Fsp3) is 0.400. The summed E-state index contributed by atoms with van der Waals surface area (Å²) in [4.78, 5) is 5.79. The maximum absolute atomic E-state index is 5.80. The molecule has 0 fully saturated rings. The molecule has 0 spiro atoms. The molecule has 1 aromatic carbocycles. The van der Waals surface area contributed by atoms with Crippen LogP contribution in [0.1, 0.15) is 26.7 Å². The van der Waals surface area contributed by atoms with E-state index in [2.05, 4.69) is 49.7 Å². The number of hydrogen-bond acceptors (Lipinski definition) is 4. The first-order valence-electron chi connectivity index (χ1n) is 6.35. The third-order valence-electron chi connectivity index (χ3n) is 2.86. The smallest absolute Gasteiger partial charge is 0.119 e. The minimum atomic E-state index is 0.669. The number of hydrogen-bond donors (Lipinski definition) is 1. The normalized spacial score (nSPS) is 10.7. The monoisotopic (exact) mass is 293 g/mol. The molecule has 0 unspecified atom stereocenters. The maximum atomic E-state index is 5.80. The average molecular weight is 293 g/mol. The van der Waals surface area contributed by atoms with Crippen LogP contribution in [0.2, 0.25) is 0 Å². The van der Waals surface area contributed by atoms with Crippen molar-refractivity contribution in [1.82, 2.24) is 4.98 Å². The molecular formula is C15H19NOS2. The van der Waals surface area contributed by atoms with Gasteiger partial charge in [0.05, 0.1) is 17.3 Å². The van der Waals surface area contributed by atoms with E-state index in [0.29, 0.717) is 6.61 Å². The number of thiol groups is 1. The summed E-state index contributed by atoms with van der Waals surface area (Å²) in [6, 6.07) is 6.29. The highest BCUT2D eigenvalue weighted by atomic mass is 32.1. The van der Waals surface area contributed by atoms with Gasteiger partial charge in [0, 0.05) is 17.1 Å². The van der Waals surface area contributed by atoms with Crippen molar-refractivity contribution < 1.29 is 4.74 Å². The molecular weight excluding hydrogens is 274 g/mol. The van der Waals surface area contributed by atoms with Crippen LogP contribution in [0, 0.1) is 20.8 Å². The zero-order valence-electron chi connectivity index (χ0n) is 11.6. The van der Waals surface area contributed by atoms with Crippen molar-refractivity contribution in [2.24, 2.45) is 0 Å². The van der Waals surface area contributed by atoms with Gasteiger partial charge < -0.3 is 4.74 Å². The summed E-state index contributed by atoms with van der Waals surface area (Å²) in [5.41, 5.74) is 3.57. The minimum absolute atomic E-state index is 0.669. The van der Waals surface area contributed by atoms with Gasteiger partial charge in [0.15, 0.2) is 0 Å². The Bertz CT molecular complexity index is 543. The zero-order valence-corrected chi connectivity index (χ0v) is 13.3. The molecule has 1 heterocycles. The lowest BCUT2D eigenvalue weighted by atomic mass is 10.1. The maximum Gasteiger partial charge on any atom is 0.119 e. The summed E-state index contributed by atoms with van der Waals surface area (Å²) in [5, 5.41) is 1.13. The second kappa shape index (κ2) is 6.44. The fourth-order valence-electron chi connectivity index (χ4n) is 2.01. The van der Waals surface area contributed by atoms with Gasteiger partial charge in [-0.05, 0) is 44.0 Å². The van der Waals surface area contributed by atoms with Crippen molar-refractivity contribution in [1.29, 1.82) is 0 Å². The van der Waals surface area contributed by atoms with E-state index in [0.717, 1.165) is 28.6 Å². The lowest BCUT2D eigenvalue weighted by Gasteiger charge is -2.07. The standard InChI is InChI=1S/C15H19NOS2/c1-10-6-11(2)8-13(7-10)17-5-4-15-16-12(3)14(9-18)19-15/h6-8,18H,4-5,9H2,1-3H3. The first-order valence-corrected chi connectivity index (χ1v) is 7.80. The summed E-state index contributed by atoms with van der Waals surface area (Å²) in [7, 11) is 0. The predicted octanol–water partition coefficient (Wildman–Crippen LogP) is 4.12. The first-order chi connectivity index (χ1) is 9.08. The van der Waals surface area contributed by atoms with Gasteiger partial charge in [-0.25, -0.2) is 4.98 Å². The molecule has 0 radical (unpaired) electrons. The van der Waals surface area contributed by atoms with Crippen LogP contribution in [0.3, 0.4) is 0 Å². The van der Waals surface area contributed by atoms with Crippen LogP contribution in [-0.4, -0.2) is 11.6 Å². The van der Waals surface area contributed by atoms with Crippen molar-refractivity contribution in [2.75, 3.05) is 6.61 Å². The molecule has 0 N–H and O–H groups in total. The molecule has 2 rings (SSSR count). The van der Waals surface area contributed by atoms with Crippen molar-refractivity contribution in [3.05, 3.63) is 44.9 Å². The molecule has 0 atom stereocenters. The Morgan fingerprint density at radius 2 is 1.84 bits per heavy atom. The molecule has 1 aromatic heterocycles. The van der Waals surface area contributed by atoms with Crippen LogP contribution in [0.25, 0.3) is 0 Å². The Morgan fingerprint density at radius 1 is 1.16 bits per heavy atom. The molecule has 102 valence electrons. The molecule has 0 saturated carbocycles. The van der Waals surface area contributed by atoms with Crippen molar-refractivity contribution >= 4 is 24.0 Å². The topological polar surface area (TPSA) is 22.1 Å². The van der Waals surface area contributed by atoms with Gasteiger partial charge in [-0.3, -0.25) is 0 Å². The number of aryl methyl sites for hydroxylation is 3. The van der Waals surface area contributed by atoms with Crippen LogP contribution in [0.4, 0.5) is 0 Å². The van der Waals surface area contributed by atoms with Crippen LogP contribution < -0.4 is 4.74 Å². The summed E-state index contributed by atoms with van der Waals surface area (Å²) in [6.45, 7) is 6.88. The first kappa shape index (κ1) is 14.4. The third kappa shape index (κ3) is 3.98. The van der Waals surface area contributed by atoms with Gasteiger partial charge >= 0.3 is 0 Å². The van der Waals surface area contributed by atoms with Crippen LogP contribution in [0.5, 0.6) is 5.75 Å². The summed E-state index contributed by atoms with van der Waals surface area (Å²) in [6.07, 6.45) is 0.853. The Morgan fingerprint density at radius 3 is 2.42 bits per heavy atom. The Labute approximate surface area is 124 Å². The molecule has 0 aliphatic heterocycles. The molecule has 4 heteroatoms. The van der Waals surface area contributed by atoms with Crippen LogP contribution in [0.15, 0.2) is 18.2 Å². The van der Waals surface area contributed by atoms with Gasteiger partial charge in [-0.2, -0.15) is 12.6 Å². The quantitative estimate of drug-likeness (QED) is 0.838. The lowest BCUT2D eigenvalue weighted by molar-refractivity contribution is 0.321. The van der Waals surface area contributed by atoms with E-state index in [-0.39, 0.29) is 0 Å². The van der Waals surface area contributed by atoms with E-state index < -0.39 is 0 Å². The zero-order chi connectivity index (χ0) is 13.8. The minimum Gasteiger partial charge on any atom is -0.493 e. The van der Waals surface area contributed by atoms with E-state index in [9.17, 15) is 0 Å². The van der Waals surface area contributed by atoms with E-state index >= 15 is 0 Å². The van der Waals surface area contributed by atoms with Gasteiger partial charge in [0.25, 0.3) is 0 Å². The van der Waals surface area contributed by atoms with Crippen LogP contribution in [-0.2, 0) is 12.2 Å². The number of nitrogens with zero attached hydrogens (tertiary/aromatic N) is 1. The van der Waals surface area contributed by atoms with Gasteiger partial charge in [-0.15, -0.1) is 11.3 Å². The van der Waals surface area contributed by atoms with E-state index in [4.69, 9.17) is 4.74 Å². The third-order valence-corrected chi connectivity index (χ3v) is 4.61. The van der Waals surface area contributed by atoms with Crippen molar-refractivity contribution in [3.8, 4) is 5.75 Å². The van der Waals surface area contributed by atoms with E-state index in [1.165, 1.54) is 16.0 Å². The molecule has 0 aliphatic carbocycles. The van der Waals surface area contributed by atoms with Gasteiger partial charge in [-0.1, -0.05) is 6.07 Å². The second-order valence-corrected chi connectivity index (χ2v) is 6.18. The largest absolute Gasteiger partial charge is 0.493 e. The number of benzene rings is 1. The number of aromatic nitrogens is 1. The lowest BCUT2D eigenvalue weighted by Crippen LogP contribution is -2.01. The van der Waals surface area contributed by atoms with Gasteiger partial charge in [0.2, 0.25) is 0 Å². The Balaban J connectivity index is 1.92. The molecule has 2 aromatic rings. The molecule has 2 nitrogen and oxygen atoms in total. The predicted molar refractivity (Wildman–Crippen MR) is 84.7 cm³/mol. The molecule has 0 amide bonds. The average Bonchev–Trinajstić information content (AvgIpc) is 2.68. The number of ether oxygens (including phenoxy) is 1. The van der Waals surface area contributed by atoms with Crippen molar-refractivity contribution in [2.45, 2.75) is 32.9 Å². The highest BCUT2D eigenvalue weighted by Crippen LogP contribution is 2.21. The molecule has 0 bridgehead atoms. The van der Waals surface area contributed by atoms with Crippen molar-refractivity contribution in [3.63, 3.8) is 0 Å². The Kier molecular flexibility index (Phi) is 4.88. The summed E-state index contributed by atoms with van der Waals surface area (Å²) in [5.74, 6) is 1.71. The van der Waals surface area contributed by atoms with Gasteiger partial charge in [0.1, 0.15) is 5.75 Å². The SMILES string of the molecule is Cc1cc(C)cc(OCCc2nc(C)c(CS)s2)c1. The highest BCUT2D eigenvalue weighted by molar-refractivity contribution is 7.79.